The molecule has 0 bridgehead atoms. The van der Waals surface area contributed by atoms with Gasteiger partial charge in [-0.2, -0.15) is 0 Å². The van der Waals surface area contributed by atoms with Crippen molar-refractivity contribution in [3.8, 4) is 0 Å². The van der Waals surface area contributed by atoms with Crippen LogP contribution in [0, 0.1) is 5.92 Å². The number of hydrogen-bond donors (Lipinski definition) is 2. The van der Waals surface area contributed by atoms with E-state index in [4.69, 9.17) is 5.11 Å². The lowest BCUT2D eigenvalue weighted by Gasteiger charge is -2.07. The Kier molecular flexibility index (Phi) is 4.51. The third kappa shape index (κ3) is 3.73. The SMILES string of the molecule is CC(CCNC(=O)c1ccccc1)C(=O)O. The van der Waals surface area contributed by atoms with Gasteiger partial charge >= 0.3 is 5.97 Å². The van der Waals surface area contributed by atoms with Crippen LogP contribution in [-0.4, -0.2) is 23.5 Å². The summed E-state index contributed by atoms with van der Waals surface area (Å²) in [6.07, 6.45) is 0.438. The summed E-state index contributed by atoms with van der Waals surface area (Å²) in [7, 11) is 0. The number of hydrogen-bond acceptors (Lipinski definition) is 2. The molecule has 0 aliphatic carbocycles. The summed E-state index contributed by atoms with van der Waals surface area (Å²) in [6.45, 7) is 2.00. The van der Waals surface area contributed by atoms with E-state index < -0.39 is 11.9 Å². The summed E-state index contributed by atoms with van der Waals surface area (Å²) in [6, 6.07) is 8.85. The molecule has 2 N–H and O–H groups in total. The van der Waals surface area contributed by atoms with E-state index in [0.29, 0.717) is 18.5 Å². The fraction of sp³-hybridized carbons (Fsp3) is 0.333. The summed E-state index contributed by atoms with van der Waals surface area (Å²) in [5, 5.41) is 11.3. The number of amides is 1. The second-order valence-corrected chi connectivity index (χ2v) is 3.65. The van der Waals surface area contributed by atoms with E-state index in [9.17, 15) is 9.59 Å². The van der Waals surface area contributed by atoms with Crippen molar-refractivity contribution in [2.24, 2.45) is 5.92 Å². The highest BCUT2D eigenvalue weighted by atomic mass is 16.4. The molecular weight excluding hydrogens is 206 g/mol. The van der Waals surface area contributed by atoms with Crippen LogP contribution in [0.4, 0.5) is 0 Å². The van der Waals surface area contributed by atoms with Crippen molar-refractivity contribution >= 4 is 11.9 Å². The minimum absolute atomic E-state index is 0.168. The Balaban J connectivity index is 2.34. The molecule has 0 spiro atoms. The normalized spacial score (nSPS) is 11.8. The molecule has 1 amide bonds. The Morgan fingerprint density at radius 3 is 2.50 bits per heavy atom. The number of aliphatic carboxylic acids is 1. The maximum absolute atomic E-state index is 11.5. The van der Waals surface area contributed by atoms with Crippen LogP contribution >= 0.6 is 0 Å². The molecule has 0 aliphatic rings. The highest BCUT2D eigenvalue weighted by Gasteiger charge is 2.11. The van der Waals surface area contributed by atoms with Gasteiger partial charge < -0.3 is 10.4 Å². The van der Waals surface area contributed by atoms with Crippen LogP contribution in [0.1, 0.15) is 23.7 Å². The van der Waals surface area contributed by atoms with E-state index in [1.165, 1.54) is 0 Å². The molecule has 0 heterocycles. The predicted octanol–water partition coefficient (Wildman–Crippen LogP) is 1.53. The second kappa shape index (κ2) is 5.90. The van der Waals surface area contributed by atoms with E-state index in [0.717, 1.165) is 0 Å². The highest BCUT2D eigenvalue weighted by Crippen LogP contribution is 2.01. The summed E-state index contributed by atoms with van der Waals surface area (Å²) >= 11 is 0. The van der Waals surface area contributed by atoms with Gasteiger partial charge in [0.15, 0.2) is 0 Å². The minimum Gasteiger partial charge on any atom is -0.481 e. The van der Waals surface area contributed by atoms with E-state index in [2.05, 4.69) is 5.32 Å². The zero-order chi connectivity index (χ0) is 12.0. The molecule has 1 atom stereocenters. The molecule has 0 saturated heterocycles. The van der Waals surface area contributed by atoms with Crippen molar-refractivity contribution < 1.29 is 14.7 Å². The largest absolute Gasteiger partial charge is 0.481 e. The first-order valence-corrected chi connectivity index (χ1v) is 5.17. The Morgan fingerprint density at radius 1 is 1.31 bits per heavy atom. The molecular formula is C12H15NO3. The quantitative estimate of drug-likeness (QED) is 0.792. The van der Waals surface area contributed by atoms with Gasteiger partial charge in [0, 0.05) is 12.1 Å². The zero-order valence-corrected chi connectivity index (χ0v) is 9.14. The summed E-state index contributed by atoms with van der Waals surface area (Å²) < 4.78 is 0. The van der Waals surface area contributed by atoms with Gasteiger partial charge in [-0.05, 0) is 18.6 Å². The van der Waals surface area contributed by atoms with Crippen molar-refractivity contribution in [3.63, 3.8) is 0 Å². The first kappa shape index (κ1) is 12.2. The van der Waals surface area contributed by atoms with Gasteiger partial charge in [0.1, 0.15) is 0 Å². The predicted molar refractivity (Wildman–Crippen MR) is 60.2 cm³/mol. The van der Waals surface area contributed by atoms with Crippen LogP contribution in [0.5, 0.6) is 0 Å². The standard InChI is InChI=1S/C12H15NO3/c1-9(12(15)16)7-8-13-11(14)10-5-3-2-4-6-10/h2-6,9H,7-8H2,1H3,(H,13,14)(H,15,16). The Bertz CT molecular complexity index is 362. The lowest BCUT2D eigenvalue weighted by Crippen LogP contribution is -2.26. The number of nitrogens with one attached hydrogen (secondary N) is 1. The van der Waals surface area contributed by atoms with Crippen LogP contribution in [0.2, 0.25) is 0 Å². The zero-order valence-electron chi connectivity index (χ0n) is 9.14. The fourth-order valence-corrected chi connectivity index (χ4v) is 1.22. The molecule has 1 unspecified atom stereocenters. The lowest BCUT2D eigenvalue weighted by molar-refractivity contribution is -0.141. The van der Waals surface area contributed by atoms with Crippen molar-refractivity contribution in [2.45, 2.75) is 13.3 Å². The Hall–Kier alpha value is -1.84. The maximum atomic E-state index is 11.5. The molecule has 4 heteroatoms. The first-order valence-electron chi connectivity index (χ1n) is 5.17. The van der Waals surface area contributed by atoms with Crippen molar-refractivity contribution in [1.29, 1.82) is 0 Å². The average Bonchev–Trinajstić information content (AvgIpc) is 2.29. The van der Waals surface area contributed by atoms with Crippen molar-refractivity contribution in [1.82, 2.24) is 5.32 Å². The van der Waals surface area contributed by atoms with E-state index in [-0.39, 0.29) is 5.91 Å². The van der Waals surface area contributed by atoms with Crippen LogP contribution in [-0.2, 0) is 4.79 Å². The molecule has 0 radical (unpaired) electrons. The van der Waals surface area contributed by atoms with E-state index in [1.807, 2.05) is 6.07 Å². The first-order chi connectivity index (χ1) is 7.61. The fourth-order valence-electron chi connectivity index (χ4n) is 1.22. The molecule has 4 nitrogen and oxygen atoms in total. The number of carbonyl (C=O) groups excluding carboxylic acids is 1. The molecule has 0 aromatic heterocycles. The van der Waals surface area contributed by atoms with Gasteiger partial charge in [-0.15, -0.1) is 0 Å². The van der Waals surface area contributed by atoms with Crippen LogP contribution in [0.3, 0.4) is 0 Å². The smallest absolute Gasteiger partial charge is 0.306 e. The Morgan fingerprint density at radius 2 is 1.94 bits per heavy atom. The third-order valence-electron chi connectivity index (χ3n) is 2.32. The summed E-state index contributed by atoms with van der Waals surface area (Å²) in [5.74, 6) is -1.44. The molecule has 0 saturated carbocycles. The van der Waals surface area contributed by atoms with E-state index >= 15 is 0 Å². The van der Waals surface area contributed by atoms with Crippen molar-refractivity contribution in [2.75, 3.05) is 6.54 Å². The van der Waals surface area contributed by atoms with Gasteiger partial charge in [0.2, 0.25) is 0 Å². The number of carboxylic acid groups (broad SMARTS) is 1. The molecule has 1 aromatic rings. The molecule has 0 aliphatic heterocycles. The number of carbonyl (C=O) groups is 2. The minimum atomic E-state index is -0.839. The molecule has 1 aromatic carbocycles. The highest BCUT2D eigenvalue weighted by molar-refractivity contribution is 5.94. The number of carboxylic acids is 1. The average molecular weight is 221 g/mol. The maximum Gasteiger partial charge on any atom is 0.306 e. The molecule has 86 valence electrons. The second-order valence-electron chi connectivity index (χ2n) is 3.65. The number of rotatable bonds is 5. The van der Waals surface area contributed by atoms with Gasteiger partial charge in [0.05, 0.1) is 5.92 Å². The van der Waals surface area contributed by atoms with Crippen LogP contribution in [0.25, 0.3) is 0 Å². The lowest BCUT2D eigenvalue weighted by atomic mass is 10.1. The van der Waals surface area contributed by atoms with Gasteiger partial charge in [-0.3, -0.25) is 9.59 Å². The monoisotopic (exact) mass is 221 g/mol. The van der Waals surface area contributed by atoms with Gasteiger partial charge in [-0.25, -0.2) is 0 Å². The topological polar surface area (TPSA) is 66.4 Å². The van der Waals surface area contributed by atoms with E-state index in [1.54, 1.807) is 31.2 Å². The van der Waals surface area contributed by atoms with Crippen LogP contribution < -0.4 is 5.32 Å². The van der Waals surface area contributed by atoms with Gasteiger partial charge in [0.25, 0.3) is 5.91 Å². The summed E-state index contributed by atoms with van der Waals surface area (Å²) in [5.41, 5.74) is 0.588. The third-order valence-corrected chi connectivity index (χ3v) is 2.32. The van der Waals surface area contributed by atoms with Crippen LogP contribution in [0.15, 0.2) is 30.3 Å². The summed E-state index contributed by atoms with van der Waals surface area (Å²) in [4.78, 5) is 22.1. The molecule has 16 heavy (non-hydrogen) atoms. The Labute approximate surface area is 94.3 Å². The van der Waals surface area contributed by atoms with Gasteiger partial charge in [-0.1, -0.05) is 25.1 Å². The van der Waals surface area contributed by atoms with Crippen molar-refractivity contribution in [3.05, 3.63) is 35.9 Å². The number of benzene rings is 1. The molecule has 1 rings (SSSR count). The molecule has 0 fully saturated rings.